The monoisotopic (exact) mass is 379 g/mol. The zero-order valence-corrected chi connectivity index (χ0v) is 16.7. The van der Waals surface area contributed by atoms with Gasteiger partial charge in [0.15, 0.2) is 0 Å². The third-order valence-corrected chi connectivity index (χ3v) is 5.29. The maximum Gasteiger partial charge on any atom is 0.251 e. The second kappa shape index (κ2) is 9.40. The molecular weight excluding hydrogens is 350 g/mol. The van der Waals surface area contributed by atoms with Crippen molar-refractivity contribution in [1.29, 1.82) is 0 Å². The molecule has 2 aromatic carbocycles. The van der Waals surface area contributed by atoms with Gasteiger partial charge in [-0.2, -0.15) is 0 Å². The van der Waals surface area contributed by atoms with Gasteiger partial charge in [-0.25, -0.2) is 0 Å². The van der Waals surface area contributed by atoms with E-state index in [9.17, 15) is 9.59 Å². The highest BCUT2D eigenvalue weighted by Crippen LogP contribution is 2.34. The Labute approximate surface area is 167 Å². The number of nitrogens with zero attached hydrogens (tertiary/aromatic N) is 1. The lowest BCUT2D eigenvalue weighted by atomic mass is 9.88. The van der Waals surface area contributed by atoms with Gasteiger partial charge in [-0.05, 0) is 55.5 Å². The van der Waals surface area contributed by atoms with Crippen molar-refractivity contribution >= 4 is 17.5 Å². The lowest BCUT2D eigenvalue weighted by molar-refractivity contribution is -0.121. The largest absolute Gasteiger partial charge is 0.371 e. The Morgan fingerprint density at radius 2 is 1.68 bits per heavy atom. The molecule has 3 rings (SSSR count). The molecule has 0 aliphatic carbocycles. The van der Waals surface area contributed by atoms with Crippen LogP contribution in [0.3, 0.4) is 0 Å². The number of piperidine rings is 1. The fraction of sp³-hybridized carbons (Fsp3) is 0.391. The van der Waals surface area contributed by atoms with E-state index in [2.05, 4.69) is 27.7 Å². The highest BCUT2D eigenvalue weighted by Gasteiger charge is 2.27. The predicted octanol–water partition coefficient (Wildman–Crippen LogP) is 3.30. The molecule has 2 amide bonds. The van der Waals surface area contributed by atoms with Crippen LogP contribution in [0, 0.1) is 0 Å². The van der Waals surface area contributed by atoms with Crippen LogP contribution in [-0.4, -0.2) is 38.5 Å². The van der Waals surface area contributed by atoms with Crippen LogP contribution in [0.25, 0.3) is 0 Å². The summed E-state index contributed by atoms with van der Waals surface area (Å²) < 4.78 is 0. The summed E-state index contributed by atoms with van der Waals surface area (Å²) in [6, 6.07) is 15.5. The fourth-order valence-electron chi connectivity index (χ4n) is 3.87. The summed E-state index contributed by atoms with van der Waals surface area (Å²) in [4.78, 5) is 27.3. The lowest BCUT2D eigenvalue weighted by Gasteiger charge is -2.32. The van der Waals surface area contributed by atoms with Crippen LogP contribution in [0.15, 0.2) is 48.5 Å². The van der Waals surface area contributed by atoms with Crippen molar-refractivity contribution in [3.05, 3.63) is 65.2 Å². The van der Waals surface area contributed by atoms with Crippen molar-refractivity contribution in [2.24, 2.45) is 0 Å². The molecule has 2 N–H and O–H groups in total. The zero-order chi connectivity index (χ0) is 19.9. The summed E-state index contributed by atoms with van der Waals surface area (Å²) in [5.41, 5.74) is 3.63. The van der Waals surface area contributed by atoms with Crippen LogP contribution in [-0.2, 0) is 4.79 Å². The first-order valence-corrected chi connectivity index (χ1v) is 10.1. The van der Waals surface area contributed by atoms with Crippen molar-refractivity contribution in [2.75, 3.05) is 31.6 Å². The standard InChI is InChI=1S/C23H29N3O2/c1-3-25-23(28)21(17-11-13-18(14-12-17)22(27)24-2)19-9-5-6-10-20(19)26-15-7-4-8-16-26/h5-6,9-14,21H,3-4,7-8,15-16H2,1-2H3,(H,24,27)(H,25,28). The fourth-order valence-corrected chi connectivity index (χ4v) is 3.87. The van der Waals surface area contributed by atoms with Crippen LogP contribution < -0.4 is 15.5 Å². The number of carbonyl (C=O) groups excluding carboxylic acids is 2. The molecular formula is C23H29N3O2. The first-order chi connectivity index (χ1) is 13.7. The maximum absolute atomic E-state index is 13.0. The van der Waals surface area contributed by atoms with Gasteiger partial charge in [0.1, 0.15) is 0 Å². The molecule has 0 radical (unpaired) electrons. The number of carbonyl (C=O) groups is 2. The van der Waals surface area contributed by atoms with Gasteiger partial charge in [0, 0.05) is 37.9 Å². The highest BCUT2D eigenvalue weighted by atomic mass is 16.2. The molecule has 0 spiro atoms. The smallest absolute Gasteiger partial charge is 0.251 e. The number of anilines is 1. The molecule has 28 heavy (non-hydrogen) atoms. The van der Waals surface area contributed by atoms with E-state index in [1.54, 1.807) is 19.2 Å². The number of hydrogen-bond donors (Lipinski definition) is 2. The van der Waals surface area contributed by atoms with Gasteiger partial charge in [0.05, 0.1) is 5.92 Å². The van der Waals surface area contributed by atoms with Crippen molar-refractivity contribution in [1.82, 2.24) is 10.6 Å². The molecule has 0 saturated carbocycles. The third-order valence-electron chi connectivity index (χ3n) is 5.29. The second-order valence-electron chi connectivity index (χ2n) is 7.14. The Morgan fingerprint density at radius 3 is 2.32 bits per heavy atom. The summed E-state index contributed by atoms with van der Waals surface area (Å²) in [5, 5.41) is 5.62. The average molecular weight is 380 g/mol. The maximum atomic E-state index is 13.0. The van der Waals surface area contributed by atoms with Crippen LogP contribution in [0.5, 0.6) is 0 Å². The molecule has 1 aliphatic rings. The molecule has 1 saturated heterocycles. The van der Waals surface area contributed by atoms with Gasteiger partial charge in [-0.3, -0.25) is 9.59 Å². The molecule has 1 unspecified atom stereocenters. The SMILES string of the molecule is CCNC(=O)C(c1ccc(C(=O)NC)cc1)c1ccccc1N1CCCCC1. The molecule has 0 bridgehead atoms. The molecule has 5 nitrogen and oxygen atoms in total. The van der Waals surface area contributed by atoms with Crippen molar-refractivity contribution in [3.63, 3.8) is 0 Å². The lowest BCUT2D eigenvalue weighted by Crippen LogP contribution is -2.34. The van der Waals surface area contributed by atoms with E-state index in [0.29, 0.717) is 12.1 Å². The van der Waals surface area contributed by atoms with Crippen LogP contribution in [0.4, 0.5) is 5.69 Å². The van der Waals surface area contributed by atoms with Crippen LogP contribution in [0.1, 0.15) is 53.6 Å². The van der Waals surface area contributed by atoms with E-state index >= 15 is 0 Å². The van der Waals surface area contributed by atoms with Crippen molar-refractivity contribution < 1.29 is 9.59 Å². The quantitative estimate of drug-likeness (QED) is 0.810. The molecule has 0 aromatic heterocycles. The molecule has 1 heterocycles. The number of amides is 2. The number of hydrogen-bond acceptors (Lipinski definition) is 3. The molecule has 148 valence electrons. The Hall–Kier alpha value is -2.82. The van der Waals surface area contributed by atoms with Gasteiger partial charge in [-0.1, -0.05) is 30.3 Å². The first kappa shape index (κ1) is 19.9. The van der Waals surface area contributed by atoms with Gasteiger partial charge in [0.25, 0.3) is 5.91 Å². The molecule has 2 aromatic rings. The molecule has 1 fully saturated rings. The van der Waals surface area contributed by atoms with Crippen LogP contribution in [0.2, 0.25) is 0 Å². The van der Waals surface area contributed by atoms with E-state index in [1.165, 1.54) is 19.3 Å². The van der Waals surface area contributed by atoms with Crippen molar-refractivity contribution in [2.45, 2.75) is 32.1 Å². The first-order valence-electron chi connectivity index (χ1n) is 10.1. The molecule has 1 atom stereocenters. The zero-order valence-electron chi connectivity index (χ0n) is 16.7. The molecule has 5 heteroatoms. The van der Waals surface area contributed by atoms with E-state index in [1.807, 2.05) is 31.2 Å². The minimum Gasteiger partial charge on any atom is -0.371 e. The normalized spacial score (nSPS) is 15.0. The van der Waals surface area contributed by atoms with E-state index in [-0.39, 0.29) is 11.8 Å². The Balaban J connectivity index is 2.01. The topological polar surface area (TPSA) is 61.4 Å². The Morgan fingerprint density at radius 1 is 1.00 bits per heavy atom. The van der Waals surface area contributed by atoms with Gasteiger partial charge in [0.2, 0.25) is 5.91 Å². The summed E-state index contributed by atoms with van der Waals surface area (Å²) in [7, 11) is 1.61. The summed E-state index contributed by atoms with van der Waals surface area (Å²) >= 11 is 0. The Bertz CT molecular complexity index is 811. The number of benzene rings is 2. The number of nitrogens with one attached hydrogen (secondary N) is 2. The Kier molecular flexibility index (Phi) is 6.69. The van der Waals surface area contributed by atoms with Crippen molar-refractivity contribution in [3.8, 4) is 0 Å². The van der Waals surface area contributed by atoms with E-state index < -0.39 is 5.92 Å². The van der Waals surface area contributed by atoms with Gasteiger partial charge >= 0.3 is 0 Å². The summed E-state index contributed by atoms with van der Waals surface area (Å²) in [6.07, 6.45) is 3.63. The third kappa shape index (κ3) is 4.35. The predicted molar refractivity (Wildman–Crippen MR) is 113 cm³/mol. The minimum atomic E-state index is -0.406. The van der Waals surface area contributed by atoms with E-state index in [0.717, 1.165) is 29.9 Å². The minimum absolute atomic E-state index is 0.0142. The van der Waals surface area contributed by atoms with Crippen LogP contribution >= 0.6 is 0 Å². The summed E-state index contributed by atoms with van der Waals surface area (Å²) in [5.74, 6) is -0.550. The second-order valence-corrected chi connectivity index (χ2v) is 7.14. The average Bonchev–Trinajstić information content (AvgIpc) is 2.75. The highest BCUT2D eigenvalue weighted by molar-refractivity contribution is 5.94. The summed E-state index contributed by atoms with van der Waals surface area (Å²) in [6.45, 7) is 4.56. The number of likely N-dealkylation sites (N-methyl/N-ethyl adjacent to an activating group) is 1. The number of para-hydroxylation sites is 1. The van der Waals surface area contributed by atoms with E-state index in [4.69, 9.17) is 0 Å². The number of rotatable bonds is 6. The van der Waals surface area contributed by atoms with Gasteiger partial charge in [-0.15, -0.1) is 0 Å². The molecule has 1 aliphatic heterocycles. The van der Waals surface area contributed by atoms with Gasteiger partial charge < -0.3 is 15.5 Å².